The van der Waals surface area contributed by atoms with Gasteiger partial charge in [-0.1, -0.05) is 18.2 Å². The molecule has 0 saturated carbocycles. The SMILES string of the molecule is O=C(NCC[C@H]1CN(Cc2ccccc2F)Cc2ccnn21)N1CCCC1. The van der Waals surface area contributed by atoms with Crippen LogP contribution in [0, 0.1) is 5.82 Å². The van der Waals surface area contributed by atoms with E-state index in [4.69, 9.17) is 0 Å². The van der Waals surface area contributed by atoms with E-state index in [-0.39, 0.29) is 17.9 Å². The first-order valence-electron chi connectivity index (χ1n) is 9.71. The molecule has 3 heterocycles. The molecule has 1 saturated heterocycles. The second-order valence-corrected chi connectivity index (χ2v) is 7.40. The van der Waals surface area contributed by atoms with E-state index in [0.29, 0.717) is 18.7 Å². The predicted octanol–water partition coefficient (Wildman–Crippen LogP) is 2.77. The highest BCUT2D eigenvalue weighted by Gasteiger charge is 2.26. The molecule has 1 aromatic carbocycles. The predicted molar refractivity (Wildman–Crippen MR) is 101 cm³/mol. The summed E-state index contributed by atoms with van der Waals surface area (Å²) in [6.07, 6.45) is 4.81. The Hall–Kier alpha value is -2.41. The number of rotatable bonds is 5. The van der Waals surface area contributed by atoms with Crippen LogP contribution in [0.1, 0.15) is 36.6 Å². The summed E-state index contributed by atoms with van der Waals surface area (Å²) in [7, 11) is 0. The van der Waals surface area contributed by atoms with Crippen molar-refractivity contribution < 1.29 is 9.18 Å². The van der Waals surface area contributed by atoms with Crippen molar-refractivity contribution in [2.24, 2.45) is 0 Å². The van der Waals surface area contributed by atoms with E-state index < -0.39 is 0 Å². The molecule has 1 atom stereocenters. The van der Waals surface area contributed by atoms with Gasteiger partial charge in [-0.3, -0.25) is 9.58 Å². The minimum Gasteiger partial charge on any atom is -0.338 e. The van der Waals surface area contributed by atoms with Gasteiger partial charge in [0.25, 0.3) is 0 Å². The zero-order chi connectivity index (χ0) is 18.6. The number of carbonyl (C=O) groups is 1. The number of amides is 2. The highest BCUT2D eigenvalue weighted by molar-refractivity contribution is 5.74. The molecule has 144 valence electrons. The number of nitrogens with zero attached hydrogens (tertiary/aromatic N) is 4. The standard InChI is InChI=1S/C20H26FN5O/c21-19-6-2-1-5-16(19)13-24-14-17(26-18(15-24)8-10-23-26)7-9-22-20(27)25-11-3-4-12-25/h1-2,5-6,8,10,17H,3-4,7,9,11-15H2,(H,22,27)/t17-/m0/s1. The summed E-state index contributed by atoms with van der Waals surface area (Å²) in [5, 5.41) is 7.50. The van der Waals surface area contributed by atoms with Crippen LogP contribution >= 0.6 is 0 Å². The van der Waals surface area contributed by atoms with Crippen LogP contribution in [0.2, 0.25) is 0 Å². The first kappa shape index (κ1) is 18.0. The van der Waals surface area contributed by atoms with Crippen LogP contribution in [0.5, 0.6) is 0 Å². The molecule has 4 rings (SSSR count). The summed E-state index contributed by atoms with van der Waals surface area (Å²) in [5.41, 5.74) is 1.85. The average molecular weight is 371 g/mol. The minimum atomic E-state index is -0.161. The van der Waals surface area contributed by atoms with Crippen molar-refractivity contribution in [3.8, 4) is 0 Å². The Morgan fingerprint density at radius 1 is 1.22 bits per heavy atom. The lowest BCUT2D eigenvalue weighted by atomic mass is 10.1. The second-order valence-electron chi connectivity index (χ2n) is 7.40. The maximum atomic E-state index is 14.0. The van der Waals surface area contributed by atoms with Crippen molar-refractivity contribution in [3.63, 3.8) is 0 Å². The van der Waals surface area contributed by atoms with Crippen molar-refractivity contribution >= 4 is 6.03 Å². The second kappa shape index (κ2) is 8.08. The fourth-order valence-corrected chi connectivity index (χ4v) is 4.04. The molecule has 0 radical (unpaired) electrons. The van der Waals surface area contributed by atoms with Gasteiger partial charge >= 0.3 is 6.03 Å². The molecule has 0 aliphatic carbocycles. The van der Waals surface area contributed by atoms with E-state index in [1.165, 1.54) is 6.07 Å². The lowest BCUT2D eigenvalue weighted by molar-refractivity contribution is 0.158. The van der Waals surface area contributed by atoms with Crippen LogP contribution in [0.3, 0.4) is 0 Å². The Labute approximate surface area is 158 Å². The molecule has 2 aliphatic heterocycles. The topological polar surface area (TPSA) is 53.4 Å². The lowest BCUT2D eigenvalue weighted by Gasteiger charge is -2.34. The number of urea groups is 1. The minimum absolute atomic E-state index is 0.0345. The molecule has 0 bridgehead atoms. The third-order valence-electron chi connectivity index (χ3n) is 5.45. The molecular weight excluding hydrogens is 345 g/mol. The number of nitrogens with one attached hydrogen (secondary N) is 1. The van der Waals surface area contributed by atoms with Crippen LogP contribution in [0.15, 0.2) is 36.5 Å². The van der Waals surface area contributed by atoms with Crippen LogP contribution < -0.4 is 5.32 Å². The third-order valence-corrected chi connectivity index (χ3v) is 5.45. The van der Waals surface area contributed by atoms with Gasteiger partial charge in [0, 0.05) is 51.0 Å². The van der Waals surface area contributed by atoms with Gasteiger partial charge in [0.1, 0.15) is 5.82 Å². The molecule has 0 spiro atoms. The lowest BCUT2D eigenvalue weighted by Crippen LogP contribution is -2.41. The molecule has 6 nitrogen and oxygen atoms in total. The molecule has 27 heavy (non-hydrogen) atoms. The Morgan fingerprint density at radius 2 is 2.04 bits per heavy atom. The molecule has 7 heteroatoms. The Kier molecular flexibility index (Phi) is 5.38. The van der Waals surface area contributed by atoms with Gasteiger partial charge in [-0.2, -0.15) is 5.10 Å². The average Bonchev–Trinajstić information content (AvgIpc) is 3.35. The molecular formula is C20H26FN5O. The molecule has 2 amide bonds. The van der Waals surface area contributed by atoms with Crippen LogP contribution in [-0.4, -0.2) is 51.8 Å². The number of hydrogen-bond acceptors (Lipinski definition) is 3. The zero-order valence-electron chi connectivity index (χ0n) is 15.5. The van der Waals surface area contributed by atoms with Gasteiger partial charge in [-0.25, -0.2) is 9.18 Å². The van der Waals surface area contributed by atoms with E-state index >= 15 is 0 Å². The number of carbonyl (C=O) groups excluding carboxylic acids is 1. The normalized spacial score (nSPS) is 19.9. The molecule has 1 N–H and O–H groups in total. The quantitative estimate of drug-likeness (QED) is 0.879. The molecule has 1 aromatic heterocycles. The van der Waals surface area contributed by atoms with Gasteiger partial charge in [-0.05, 0) is 31.4 Å². The zero-order valence-corrected chi connectivity index (χ0v) is 15.5. The smallest absolute Gasteiger partial charge is 0.317 e. The number of likely N-dealkylation sites (tertiary alicyclic amines) is 1. The van der Waals surface area contributed by atoms with Crippen molar-refractivity contribution in [2.75, 3.05) is 26.2 Å². The summed E-state index contributed by atoms with van der Waals surface area (Å²) in [4.78, 5) is 16.3. The summed E-state index contributed by atoms with van der Waals surface area (Å²) in [6.45, 7) is 4.46. The largest absolute Gasteiger partial charge is 0.338 e. The monoisotopic (exact) mass is 371 g/mol. The Balaban J connectivity index is 1.37. The third kappa shape index (κ3) is 4.13. The highest BCUT2D eigenvalue weighted by Crippen LogP contribution is 2.24. The van der Waals surface area contributed by atoms with Gasteiger partial charge in [0.2, 0.25) is 0 Å². The number of fused-ring (bicyclic) bond motifs is 1. The van der Waals surface area contributed by atoms with E-state index in [9.17, 15) is 9.18 Å². The van der Waals surface area contributed by atoms with E-state index in [1.807, 2.05) is 29.3 Å². The Bertz CT molecular complexity index is 786. The summed E-state index contributed by atoms with van der Waals surface area (Å²) in [6, 6.07) is 9.17. The molecule has 0 unspecified atom stereocenters. The Morgan fingerprint density at radius 3 is 2.85 bits per heavy atom. The molecule has 1 fully saturated rings. The maximum Gasteiger partial charge on any atom is 0.317 e. The maximum absolute atomic E-state index is 14.0. The summed E-state index contributed by atoms with van der Waals surface area (Å²) < 4.78 is 16.1. The number of aromatic nitrogens is 2. The number of halogens is 1. The number of hydrogen-bond donors (Lipinski definition) is 1. The van der Waals surface area contributed by atoms with Crippen molar-refractivity contribution in [2.45, 2.75) is 38.4 Å². The van der Waals surface area contributed by atoms with E-state index in [0.717, 1.165) is 51.1 Å². The molecule has 2 aliphatic rings. The molecule has 2 aromatic rings. The van der Waals surface area contributed by atoms with Gasteiger partial charge in [-0.15, -0.1) is 0 Å². The van der Waals surface area contributed by atoms with Crippen LogP contribution in [0.4, 0.5) is 9.18 Å². The first-order chi connectivity index (χ1) is 13.2. The fourth-order valence-electron chi connectivity index (χ4n) is 4.04. The van der Waals surface area contributed by atoms with Crippen molar-refractivity contribution in [3.05, 3.63) is 53.6 Å². The summed E-state index contributed by atoms with van der Waals surface area (Å²) >= 11 is 0. The van der Waals surface area contributed by atoms with Gasteiger partial charge in [0.05, 0.1) is 11.7 Å². The van der Waals surface area contributed by atoms with Crippen LogP contribution in [0.25, 0.3) is 0 Å². The van der Waals surface area contributed by atoms with Crippen LogP contribution in [-0.2, 0) is 13.1 Å². The highest BCUT2D eigenvalue weighted by atomic mass is 19.1. The van der Waals surface area contributed by atoms with E-state index in [2.05, 4.69) is 20.0 Å². The number of benzene rings is 1. The fraction of sp³-hybridized carbons (Fsp3) is 0.500. The van der Waals surface area contributed by atoms with Crippen molar-refractivity contribution in [1.82, 2.24) is 24.9 Å². The van der Waals surface area contributed by atoms with Gasteiger partial charge in [0.15, 0.2) is 0 Å². The van der Waals surface area contributed by atoms with Gasteiger partial charge < -0.3 is 10.2 Å². The first-order valence-corrected chi connectivity index (χ1v) is 9.71. The van der Waals surface area contributed by atoms with Crippen molar-refractivity contribution in [1.29, 1.82) is 0 Å². The summed E-state index contributed by atoms with van der Waals surface area (Å²) in [5.74, 6) is -0.161. The van der Waals surface area contributed by atoms with E-state index in [1.54, 1.807) is 6.07 Å².